The molecule has 0 aromatic carbocycles. The molecule has 3 heteroatoms. The average Bonchev–Trinajstić information content (AvgIpc) is 1.98. The highest BCUT2D eigenvalue weighted by atomic mass is 16.5. The van der Waals surface area contributed by atoms with Crippen molar-refractivity contribution in [2.45, 2.75) is 19.4 Å². The number of aliphatic hydroxyl groups excluding tert-OH is 1. The Morgan fingerprint density at radius 1 is 1.89 bits per heavy atom. The Labute approximate surface area is 57.2 Å². The van der Waals surface area contributed by atoms with Gasteiger partial charge >= 0.3 is 0 Å². The predicted octanol–water partition coefficient (Wildman–Crippen LogP) is -0.267. The van der Waals surface area contributed by atoms with Crippen molar-refractivity contribution in [3.8, 4) is 0 Å². The molecule has 0 bridgehead atoms. The molecule has 0 heterocycles. The summed E-state index contributed by atoms with van der Waals surface area (Å²) in [7, 11) is 0. The lowest BCUT2D eigenvalue weighted by Crippen LogP contribution is -2.25. The van der Waals surface area contributed by atoms with Crippen molar-refractivity contribution >= 4 is 0 Å². The van der Waals surface area contributed by atoms with Gasteiger partial charge in [-0.2, -0.15) is 0 Å². The van der Waals surface area contributed by atoms with E-state index >= 15 is 0 Å². The molecule has 1 atom stereocenters. The molecule has 0 saturated carbocycles. The normalized spacial score (nSPS) is 15.1. The van der Waals surface area contributed by atoms with E-state index in [9.17, 15) is 0 Å². The van der Waals surface area contributed by atoms with Crippen LogP contribution in [0.25, 0.3) is 0 Å². The number of nitrogens with two attached hydrogens (primary N) is 1. The maximum absolute atomic E-state index is 8.86. The van der Waals surface area contributed by atoms with Crippen LogP contribution >= 0.6 is 0 Å². The smallest absolute Gasteiger partial charge is 0.0895 e. The van der Waals surface area contributed by atoms with Crippen LogP contribution in [0, 0.1) is 0 Å². The predicted molar refractivity (Wildman–Crippen MR) is 36.2 cm³/mol. The summed E-state index contributed by atoms with van der Waals surface area (Å²) < 4.78 is 11.7. The molecule has 0 saturated heterocycles. The molecule has 0 spiro atoms. The molecule has 0 aliphatic carbocycles. The number of rotatable bonds is 5. The molecule has 0 aromatic rings. The lowest BCUT2D eigenvalue weighted by molar-refractivity contribution is 0.0416. The minimum Gasteiger partial charge on any atom is -0.389 e. The van der Waals surface area contributed by atoms with Gasteiger partial charge < -0.3 is 15.6 Å². The highest BCUT2D eigenvalue weighted by molar-refractivity contribution is 4.51. The number of hydrogen-bond acceptors (Lipinski definition) is 3. The van der Waals surface area contributed by atoms with E-state index in [1.807, 2.05) is 0 Å². The van der Waals surface area contributed by atoms with Gasteiger partial charge in [0, 0.05) is 14.5 Å². The first-order chi connectivity index (χ1) is 4.81. The molecule has 1 unspecified atom stereocenters. The quantitative estimate of drug-likeness (QED) is 0.510. The molecule has 0 fully saturated rings. The van der Waals surface area contributed by atoms with Gasteiger partial charge in [0.25, 0.3) is 0 Å². The van der Waals surface area contributed by atoms with Gasteiger partial charge in [0.15, 0.2) is 0 Å². The Kier molecular flexibility index (Phi) is 4.67. The Morgan fingerprint density at radius 3 is 3.22 bits per heavy atom. The summed E-state index contributed by atoms with van der Waals surface area (Å²) in [5.74, 6) is 0. The molecule has 9 heavy (non-hydrogen) atoms. The van der Waals surface area contributed by atoms with Crippen LogP contribution in [0.1, 0.15) is 14.7 Å². The summed E-state index contributed by atoms with van der Waals surface area (Å²) in [6, 6.07) is 0. The summed E-state index contributed by atoms with van der Waals surface area (Å²) in [5.41, 5.74) is 5.12. The zero-order valence-corrected chi connectivity index (χ0v) is 5.55. The van der Waals surface area contributed by atoms with Crippen LogP contribution in [-0.2, 0) is 4.74 Å². The van der Waals surface area contributed by atoms with Gasteiger partial charge in [0.05, 0.1) is 12.7 Å². The number of hydrogen-bond donors (Lipinski definition) is 2. The van der Waals surface area contributed by atoms with Gasteiger partial charge in [0.1, 0.15) is 0 Å². The van der Waals surface area contributed by atoms with Gasteiger partial charge in [-0.1, -0.05) is 6.90 Å². The second-order valence-corrected chi connectivity index (χ2v) is 1.82. The van der Waals surface area contributed by atoms with E-state index in [0.29, 0.717) is 13.5 Å². The van der Waals surface area contributed by atoms with Crippen LogP contribution < -0.4 is 5.73 Å². The fourth-order valence-corrected chi connectivity index (χ4v) is 0.389. The van der Waals surface area contributed by atoms with Gasteiger partial charge in [-0.15, -0.1) is 0 Å². The van der Waals surface area contributed by atoms with Crippen LogP contribution in [-0.4, -0.2) is 31.0 Å². The van der Waals surface area contributed by atoms with Crippen molar-refractivity contribution in [3.63, 3.8) is 0 Å². The van der Waals surface area contributed by atoms with E-state index in [1.54, 1.807) is 0 Å². The molecule has 0 aliphatic heterocycles. The first-order valence-electron chi connectivity index (χ1n) is 3.77. The highest BCUT2D eigenvalue weighted by Gasteiger charge is 1.97. The van der Waals surface area contributed by atoms with E-state index in [2.05, 4.69) is 0 Å². The van der Waals surface area contributed by atoms with E-state index < -0.39 is 6.10 Å². The maximum Gasteiger partial charge on any atom is 0.0895 e. The van der Waals surface area contributed by atoms with Crippen LogP contribution in [0.5, 0.6) is 0 Å². The second-order valence-electron chi connectivity index (χ2n) is 1.82. The SMILES string of the molecule is [3H]CCCOCC(O)CN. The van der Waals surface area contributed by atoms with Crippen molar-refractivity contribution in [2.75, 3.05) is 19.8 Å². The largest absolute Gasteiger partial charge is 0.389 e. The fourth-order valence-electron chi connectivity index (χ4n) is 0.389. The molecule has 0 rings (SSSR count). The van der Waals surface area contributed by atoms with Crippen molar-refractivity contribution in [1.82, 2.24) is 0 Å². The third-order valence-corrected chi connectivity index (χ3v) is 0.871. The molecule has 0 aliphatic rings. The standard InChI is InChI=1S/C6H15NO2/c1-2-3-9-5-6(8)4-7/h6,8H,2-5,7H2,1H3/i1T. The summed E-state index contributed by atoms with van der Waals surface area (Å²) in [6.45, 7) is 1.44. The van der Waals surface area contributed by atoms with E-state index in [1.165, 1.54) is 0 Å². The van der Waals surface area contributed by atoms with Crippen molar-refractivity contribution in [2.24, 2.45) is 5.73 Å². The topological polar surface area (TPSA) is 55.5 Å². The van der Waals surface area contributed by atoms with Gasteiger partial charge in [-0.3, -0.25) is 0 Å². The van der Waals surface area contributed by atoms with Crippen LogP contribution in [0.4, 0.5) is 0 Å². The molecular weight excluding hydrogens is 118 g/mol. The summed E-state index contributed by atoms with van der Waals surface area (Å²) in [6.07, 6.45) is 0.169. The first kappa shape index (κ1) is 6.99. The monoisotopic (exact) mass is 135 g/mol. The maximum atomic E-state index is 8.86. The number of ether oxygens (including phenoxy) is 1. The van der Waals surface area contributed by atoms with Crippen molar-refractivity contribution < 1.29 is 11.2 Å². The second kappa shape index (κ2) is 6.01. The lowest BCUT2D eigenvalue weighted by Gasteiger charge is -2.06. The summed E-state index contributed by atoms with van der Waals surface area (Å²) in [5, 5.41) is 8.86. The first-order valence-corrected chi connectivity index (χ1v) is 3.06. The van der Waals surface area contributed by atoms with Gasteiger partial charge in [0.2, 0.25) is 0 Å². The number of aliphatic hydroxyl groups is 1. The van der Waals surface area contributed by atoms with Gasteiger partial charge in [-0.25, -0.2) is 0 Å². The third kappa shape index (κ3) is 5.76. The fraction of sp³-hybridized carbons (Fsp3) is 1.00. The zero-order chi connectivity index (χ0) is 7.82. The summed E-state index contributed by atoms with van der Waals surface area (Å²) >= 11 is 0. The molecule has 0 amide bonds. The van der Waals surface area contributed by atoms with E-state index in [4.69, 9.17) is 16.9 Å². The van der Waals surface area contributed by atoms with Gasteiger partial charge in [-0.05, 0) is 6.42 Å². The Bertz CT molecular complexity index is 72.8. The van der Waals surface area contributed by atoms with Crippen LogP contribution in [0.2, 0.25) is 0 Å². The zero-order valence-electron chi connectivity index (χ0n) is 6.55. The van der Waals surface area contributed by atoms with E-state index in [-0.39, 0.29) is 13.2 Å². The van der Waals surface area contributed by atoms with Crippen LogP contribution in [0.3, 0.4) is 0 Å². The van der Waals surface area contributed by atoms with Crippen molar-refractivity contribution in [3.05, 3.63) is 0 Å². The Morgan fingerprint density at radius 2 is 2.67 bits per heavy atom. The lowest BCUT2D eigenvalue weighted by atomic mass is 10.4. The third-order valence-electron chi connectivity index (χ3n) is 0.871. The van der Waals surface area contributed by atoms with Crippen molar-refractivity contribution in [1.29, 1.82) is 0 Å². The van der Waals surface area contributed by atoms with Crippen LogP contribution in [0.15, 0.2) is 0 Å². The summed E-state index contributed by atoms with van der Waals surface area (Å²) in [4.78, 5) is 0. The Hall–Kier alpha value is -0.120. The molecule has 0 radical (unpaired) electrons. The minimum absolute atomic E-state index is 0.237. The minimum atomic E-state index is -0.550. The molecule has 0 aromatic heterocycles. The molecular formula is C6H15NO2. The highest BCUT2D eigenvalue weighted by Crippen LogP contribution is 1.83. The molecule has 3 nitrogen and oxygen atoms in total. The molecule has 56 valence electrons. The molecule has 3 N–H and O–H groups in total. The average molecular weight is 135 g/mol. The van der Waals surface area contributed by atoms with E-state index in [0.717, 1.165) is 6.42 Å². The Balaban J connectivity index is 2.89.